The SMILES string of the molecule is Cc1ccc(CCc2n[nH]c(=S)o2)cc1N. The second-order valence-corrected chi connectivity index (χ2v) is 4.07. The van der Waals surface area contributed by atoms with Crippen LogP contribution in [0, 0.1) is 11.8 Å². The molecule has 2 rings (SSSR count). The molecular formula is C11H13N3OS. The average Bonchev–Trinajstić information content (AvgIpc) is 2.66. The van der Waals surface area contributed by atoms with Crippen LogP contribution in [0.4, 0.5) is 5.69 Å². The molecule has 0 saturated heterocycles. The molecule has 1 heterocycles. The van der Waals surface area contributed by atoms with Crippen LogP contribution in [0.1, 0.15) is 17.0 Å². The highest BCUT2D eigenvalue weighted by Gasteiger charge is 2.02. The first-order valence-electron chi connectivity index (χ1n) is 5.04. The Labute approximate surface area is 98.5 Å². The summed E-state index contributed by atoms with van der Waals surface area (Å²) in [7, 11) is 0. The van der Waals surface area contributed by atoms with Crippen LogP contribution in [-0.4, -0.2) is 10.2 Å². The van der Waals surface area contributed by atoms with Crippen molar-refractivity contribution in [2.45, 2.75) is 19.8 Å². The molecule has 0 amide bonds. The van der Waals surface area contributed by atoms with Crippen molar-refractivity contribution in [3.05, 3.63) is 40.1 Å². The molecule has 1 aromatic carbocycles. The summed E-state index contributed by atoms with van der Waals surface area (Å²) >= 11 is 4.80. The Hall–Kier alpha value is -1.62. The summed E-state index contributed by atoms with van der Waals surface area (Å²) in [5.41, 5.74) is 8.92. The number of anilines is 1. The number of hydrogen-bond acceptors (Lipinski definition) is 4. The van der Waals surface area contributed by atoms with Gasteiger partial charge in [0.25, 0.3) is 4.84 Å². The van der Waals surface area contributed by atoms with Crippen molar-refractivity contribution in [2.24, 2.45) is 0 Å². The van der Waals surface area contributed by atoms with E-state index < -0.39 is 0 Å². The molecule has 0 aliphatic heterocycles. The van der Waals surface area contributed by atoms with Crippen molar-refractivity contribution in [2.75, 3.05) is 5.73 Å². The number of nitrogens with zero attached hydrogens (tertiary/aromatic N) is 1. The molecule has 0 radical (unpaired) electrons. The third-order valence-electron chi connectivity index (χ3n) is 2.45. The summed E-state index contributed by atoms with van der Waals surface area (Å²) in [5, 5.41) is 6.54. The Morgan fingerprint density at radius 2 is 2.25 bits per heavy atom. The van der Waals surface area contributed by atoms with Crippen molar-refractivity contribution in [1.29, 1.82) is 0 Å². The number of H-pyrrole nitrogens is 1. The van der Waals surface area contributed by atoms with Crippen LogP contribution in [-0.2, 0) is 12.8 Å². The molecule has 1 aromatic heterocycles. The molecule has 3 N–H and O–H groups in total. The second-order valence-electron chi connectivity index (χ2n) is 3.70. The number of benzene rings is 1. The van der Waals surface area contributed by atoms with Gasteiger partial charge in [-0.1, -0.05) is 12.1 Å². The van der Waals surface area contributed by atoms with Gasteiger partial charge in [0.15, 0.2) is 0 Å². The number of hydrogen-bond donors (Lipinski definition) is 2. The number of rotatable bonds is 3. The zero-order chi connectivity index (χ0) is 11.5. The van der Waals surface area contributed by atoms with Gasteiger partial charge >= 0.3 is 0 Å². The topological polar surface area (TPSA) is 67.8 Å². The predicted octanol–water partition coefficient (Wildman–Crippen LogP) is 2.41. The van der Waals surface area contributed by atoms with E-state index in [1.54, 1.807) is 0 Å². The van der Waals surface area contributed by atoms with Gasteiger partial charge in [0.05, 0.1) is 0 Å². The largest absolute Gasteiger partial charge is 0.414 e. The summed E-state index contributed by atoms with van der Waals surface area (Å²) in [6.07, 6.45) is 1.56. The van der Waals surface area contributed by atoms with E-state index in [1.807, 2.05) is 19.1 Å². The Kier molecular flexibility index (Phi) is 3.05. The van der Waals surface area contributed by atoms with Crippen LogP contribution in [0.25, 0.3) is 0 Å². The third kappa shape index (κ3) is 2.49. The second kappa shape index (κ2) is 4.49. The maximum absolute atomic E-state index is 5.83. The minimum Gasteiger partial charge on any atom is -0.414 e. The van der Waals surface area contributed by atoms with E-state index >= 15 is 0 Å². The van der Waals surface area contributed by atoms with Crippen LogP contribution in [0.2, 0.25) is 0 Å². The number of nitrogen functional groups attached to an aromatic ring is 1. The lowest BCUT2D eigenvalue weighted by Crippen LogP contribution is -1.95. The molecule has 4 nitrogen and oxygen atoms in total. The molecule has 0 atom stereocenters. The number of aromatic nitrogens is 2. The molecule has 16 heavy (non-hydrogen) atoms. The van der Waals surface area contributed by atoms with Gasteiger partial charge < -0.3 is 10.2 Å². The van der Waals surface area contributed by atoms with Crippen molar-refractivity contribution in [3.63, 3.8) is 0 Å². The van der Waals surface area contributed by atoms with E-state index in [1.165, 1.54) is 5.56 Å². The lowest BCUT2D eigenvalue weighted by molar-refractivity contribution is 0.480. The molecule has 0 saturated carbocycles. The maximum Gasteiger partial charge on any atom is 0.284 e. The lowest BCUT2D eigenvalue weighted by atomic mass is 10.1. The number of aromatic amines is 1. The Balaban J connectivity index is 2.04. The standard InChI is InChI=1S/C11H13N3OS/c1-7-2-3-8(6-9(7)12)4-5-10-13-14-11(16)15-10/h2-3,6H,4-5,12H2,1H3,(H,14,16). The monoisotopic (exact) mass is 235 g/mol. The van der Waals surface area contributed by atoms with Gasteiger partial charge in [-0.25, -0.2) is 5.10 Å². The van der Waals surface area contributed by atoms with E-state index in [0.717, 1.165) is 24.1 Å². The Bertz CT molecular complexity index is 544. The smallest absolute Gasteiger partial charge is 0.284 e. The fourth-order valence-corrected chi connectivity index (χ4v) is 1.61. The lowest BCUT2D eigenvalue weighted by Gasteiger charge is -2.03. The van der Waals surface area contributed by atoms with Gasteiger partial charge in [-0.05, 0) is 42.8 Å². The van der Waals surface area contributed by atoms with Gasteiger partial charge in [0, 0.05) is 12.1 Å². The molecule has 0 fully saturated rings. The van der Waals surface area contributed by atoms with Gasteiger partial charge in [0.2, 0.25) is 5.89 Å². The van der Waals surface area contributed by atoms with Crippen LogP contribution in [0.5, 0.6) is 0 Å². The highest BCUT2D eigenvalue weighted by atomic mass is 32.1. The quantitative estimate of drug-likeness (QED) is 0.633. The number of aryl methyl sites for hydroxylation is 3. The van der Waals surface area contributed by atoms with E-state index in [-0.39, 0.29) is 0 Å². The summed E-state index contributed by atoms with van der Waals surface area (Å²) in [6.45, 7) is 1.99. The van der Waals surface area contributed by atoms with Crippen molar-refractivity contribution in [1.82, 2.24) is 10.2 Å². The Morgan fingerprint density at radius 1 is 1.44 bits per heavy atom. The third-order valence-corrected chi connectivity index (χ3v) is 2.63. The normalized spacial score (nSPS) is 10.6. The van der Waals surface area contributed by atoms with Gasteiger partial charge in [-0.2, -0.15) is 0 Å². The molecular weight excluding hydrogens is 222 g/mol. The average molecular weight is 235 g/mol. The molecule has 0 unspecified atom stereocenters. The van der Waals surface area contributed by atoms with Crippen molar-refractivity contribution < 1.29 is 4.42 Å². The van der Waals surface area contributed by atoms with Gasteiger partial charge in [0.1, 0.15) is 0 Å². The summed E-state index contributed by atoms with van der Waals surface area (Å²) in [5.74, 6) is 0.629. The molecule has 5 heteroatoms. The van der Waals surface area contributed by atoms with E-state index in [4.69, 9.17) is 22.4 Å². The maximum atomic E-state index is 5.83. The van der Waals surface area contributed by atoms with Crippen molar-refractivity contribution in [3.8, 4) is 0 Å². The van der Waals surface area contributed by atoms with Crippen LogP contribution >= 0.6 is 12.2 Å². The van der Waals surface area contributed by atoms with Gasteiger partial charge in [-0.15, -0.1) is 5.10 Å². The fraction of sp³-hybridized carbons (Fsp3) is 0.273. The summed E-state index contributed by atoms with van der Waals surface area (Å²) < 4.78 is 5.18. The fourth-order valence-electron chi connectivity index (χ4n) is 1.46. The first kappa shape index (κ1) is 10.9. The summed E-state index contributed by atoms with van der Waals surface area (Å²) in [6, 6.07) is 6.06. The zero-order valence-corrected chi connectivity index (χ0v) is 9.80. The molecule has 2 aromatic rings. The Morgan fingerprint density at radius 3 is 2.88 bits per heavy atom. The van der Waals surface area contributed by atoms with Crippen LogP contribution in [0.3, 0.4) is 0 Å². The summed E-state index contributed by atoms with van der Waals surface area (Å²) in [4.78, 5) is 0.318. The minimum absolute atomic E-state index is 0.318. The van der Waals surface area contributed by atoms with E-state index in [2.05, 4.69) is 16.3 Å². The number of nitrogens with one attached hydrogen (secondary N) is 1. The first-order valence-corrected chi connectivity index (χ1v) is 5.45. The van der Waals surface area contributed by atoms with E-state index in [9.17, 15) is 0 Å². The zero-order valence-electron chi connectivity index (χ0n) is 8.99. The number of nitrogens with two attached hydrogens (primary N) is 1. The van der Waals surface area contributed by atoms with E-state index in [0.29, 0.717) is 10.7 Å². The van der Waals surface area contributed by atoms with Gasteiger partial charge in [-0.3, -0.25) is 0 Å². The van der Waals surface area contributed by atoms with Crippen LogP contribution < -0.4 is 5.73 Å². The highest BCUT2D eigenvalue weighted by Crippen LogP contribution is 2.14. The minimum atomic E-state index is 0.318. The molecule has 84 valence electrons. The predicted molar refractivity (Wildman–Crippen MR) is 64.7 cm³/mol. The van der Waals surface area contributed by atoms with Crippen LogP contribution in [0.15, 0.2) is 22.6 Å². The molecule has 0 bridgehead atoms. The molecule has 0 aliphatic rings. The molecule has 0 aliphatic carbocycles. The van der Waals surface area contributed by atoms with Crippen molar-refractivity contribution >= 4 is 17.9 Å². The first-order chi connectivity index (χ1) is 7.65. The molecule has 0 spiro atoms. The highest BCUT2D eigenvalue weighted by molar-refractivity contribution is 7.71.